The van der Waals surface area contributed by atoms with Gasteiger partial charge in [0.2, 0.25) is 0 Å². The molecule has 1 aromatic rings. The quantitative estimate of drug-likeness (QED) is 0.781. The third-order valence-corrected chi connectivity index (χ3v) is 4.03. The molecule has 1 aromatic carbocycles. The number of aliphatic carboxylic acids is 1. The Labute approximate surface area is 116 Å². The van der Waals surface area contributed by atoms with Gasteiger partial charge in [-0.15, -0.1) is 0 Å². The maximum absolute atomic E-state index is 11.6. The molecule has 1 N–H and O–H groups in total. The van der Waals surface area contributed by atoms with Gasteiger partial charge in [-0.25, -0.2) is 0 Å². The van der Waals surface area contributed by atoms with E-state index < -0.39 is 11.4 Å². The maximum atomic E-state index is 11.6. The number of hydrogen-bond donors (Lipinski definition) is 1. The highest BCUT2D eigenvalue weighted by molar-refractivity contribution is 5.74. The molecule has 0 aliphatic carbocycles. The van der Waals surface area contributed by atoms with Gasteiger partial charge in [0.15, 0.2) is 0 Å². The first-order valence-corrected chi connectivity index (χ1v) is 7.07. The molecule has 1 rings (SSSR count). The minimum Gasteiger partial charge on any atom is -0.481 e. The van der Waals surface area contributed by atoms with Crippen LogP contribution in [0.3, 0.4) is 0 Å². The van der Waals surface area contributed by atoms with Crippen LogP contribution in [0, 0.1) is 5.41 Å². The topological polar surface area (TPSA) is 40.5 Å². The van der Waals surface area contributed by atoms with E-state index in [1.165, 1.54) is 5.56 Å². The van der Waals surface area contributed by atoms with Crippen LogP contribution in [0.25, 0.3) is 0 Å². The summed E-state index contributed by atoms with van der Waals surface area (Å²) in [4.78, 5) is 13.8. The number of benzene rings is 1. The molecule has 0 aliphatic heterocycles. The van der Waals surface area contributed by atoms with E-state index in [1.54, 1.807) is 0 Å². The van der Waals surface area contributed by atoms with Crippen LogP contribution in [0.2, 0.25) is 0 Å². The summed E-state index contributed by atoms with van der Waals surface area (Å²) in [5.41, 5.74) is 0.612. The molecule has 19 heavy (non-hydrogen) atoms. The molecule has 0 radical (unpaired) electrons. The van der Waals surface area contributed by atoms with Gasteiger partial charge < -0.3 is 5.11 Å². The molecule has 106 valence electrons. The minimum atomic E-state index is -0.677. The standard InChI is InChI=1S/C16H25NO2/c1-4-16(5-2,15(18)19)13-17(6-3)12-14-10-8-7-9-11-14/h7-11H,4-6,12-13H2,1-3H3,(H,18,19). The van der Waals surface area contributed by atoms with Crippen LogP contribution in [0.15, 0.2) is 30.3 Å². The molecule has 3 nitrogen and oxygen atoms in total. The highest BCUT2D eigenvalue weighted by atomic mass is 16.4. The molecular formula is C16H25NO2. The maximum Gasteiger partial charge on any atom is 0.310 e. The largest absolute Gasteiger partial charge is 0.481 e. The monoisotopic (exact) mass is 263 g/mol. The average Bonchev–Trinajstić information content (AvgIpc) is 2.44. The fraction of sp³-hybridized carbons (Fsp3) is 0.562. The normalized spacial score (nSPS) is 11.8. The molecule has 0 bridgehead atoms. The molecule has 3 heteroatoms. The van der Waals surface area contributed by atoms with Crippen LogP contribution < -0.4 is 0 Å². The van der Waals surface area contributed by atoms with Crippen LogP contribution in [0.5, 0.6) is 0 Å². The molecule has 0 saturated heterocycles. The van der Waals surface area contributed by atoms with E-state index in [4.69, 9.17) is 0 Å². The zero-order chi connectivity index (χ0) is 14.3. The lowest BCUT2D eigenvalue weighted by Crippen LogP contribution is -2.42. The van der Waals surface area contributed by atoms with Gasteiger partial charge in [0.1, 0.15) is 0 Å². The Balaban J connectivity index is 2.78. The van der Waals surface area contributed by atoms with Gasteiger partial charge in [0, 0.05) is 13.1 Å². The molecule has 0 amide bonds. The second-order valence-electron chi connectivity index (χ2n) is 5.08. The van der Waals surface area contributed by atoms with Crippen molar-refractivity contribution in [3.63, 3.8) is 0 Å². The van der Waals surface area contributed by atoms with Crippen LogP contribution in [-0.4, -0.2) is 29.1 Å². The lowest BCUT2D eigenvalue weighted by molar-refractivity contribution is -0.151. The average molecular weight is 263 g/mol. The summed E-state index contributed by atoms with van der Waals surface area (Å²) >= 11 is 0. The van der Waals surface area contributed by atoms with Gasteiger partial charge in [-0.3, -0.25) is 9.69 Å². The van der Waals surface area contributed by atoms with Crippen molar-refractivity contribution in [3.8, 4) is 0 Å². The lowest BCUT2D eigenvalue weighted by atomic mass is 9.81. The third kappa shape index (κ3) is 4.06. The summed E-state index contributed by atoms with van der Waals surface area (Å²) in [6, 6.07) is 10.2. The Morgan fingerprint density at radius 1 is 1.16 bits per heavy atom. The Kier molecular flexibility index (Phi) is 6.03. The number of carboxylic acid groups (broad SMARTS) is 1. The molecule has 0 atom stereocenters. The fourth-order valence-electron chi connectivity index (χ4n) is 2.39. The van der Waals surface area contributed by atoms with Gasteiger partial charge in [-0.1, -0.05) is 51.1 Å². The number of rotatable bonds is 8. The zero-order valence-electron chi connectivity index (χ0n) is 12.2. The molecule has 0 aliphatic rings. The van der Waals surface area contributed by atoms with Crippen molar-refractivity contribution in [3.05, 3.63) is 35.9 Å². The summed E-state index contributed by atoms with van der Waals surface area (Å²) in [5.74, 6) is -0.677. The minimum absolute atomic E-state index is 0.612. The van der Waals surface area contributed by atoms with E-state index in [-0.39, 0.29) is 0 Å². The smallest absolute Gasteiger partial charge is 0.310 e. The predicted molar refractivity (Wildman–Crippen MR) is 78.0 cm³/mol. The summed E-state index contributed by atoms with van der Waals surface area (Å²) in [5, 5.41) is 9.51. The number of nitrogens with zero attached hydrogens (tertiary/aromatic N) is 1. The van der Waals surface area contributed by atoms with Crippen molar-refractivity contribution >= 4 is 5.97 Å². The van der Waals surface area contributed by atoms with Crippen LogP contribution in [-0.2, 0) is 11.3 Å². The van der Waals surface area contributed by atoms with E-state index in [1.807, 2.05) is 32.0 Å². The lowest BCUT2D eigenvalue weighted by Gasteiger charge is -2.33. The Morgan fingerprint density at radius 3 is 2.16 bits per heavy atom. The van der Waals surface area contributed by atoms with Gasteiger partial charge in [0.05, 0.1) is 5.41 Å². The fourth-order valence-corrected chi connectivity index (χ4v) is 2.39. The number of hydrogen-bond acceptors (Lipinski definition) is 2. The third-order valence-electron chi connectivity index (χ3n) is 4.03. The highest BCUT2D eigenvalue weighted by Gasteiger charge is 2.36. The van der Waals surface area contributed by atoms with Gasteiger partial charge in [0.25, 0.3) is 0 Å². The molecule has 0 saturated carbocycles. The first-order chi connectivity index (χ1) is 9.07. The van der Waals surface area contributed by atoms with Crippen LogP contribution in [0.4, 0.5) is 0 Å². The first-order valence-electron chi connectivity index (χ1n) is 7.07. The Hall–Kier alpha value is -1.35. The second kappa shape index (κ2) is 7.29. The van der Waals surface area contributed by atoms with Gasteiger partial charge >= 0.3 is 5.97 Å². The Morgan fingerprint density at radius 2 is 1.74 bits per heavy atom. The summed E-state index contributed by atoms with van der Waals surface area (Å²) < 4.78 is 0. The van der Waals surface area contributed by atoms with Crippen molar-refractivity contribution in [2.45, 2.75) is 40.2 Å². The molecule has 0 unspecified atom stereocenters. The summed E-state index contributed by atoms with van der Waals surface area (Å²) in [6.07, 6.45) is 1.34. The summed E-state index contributed by atoms with van der Waals surface area (Å²) in [7, 11) is 0. The SMILES string of the molecule is CCN(Cc1ccccc1)CC(CC)(CC)C(=O)O. The van der Waals surface area contributed by atoms with Crippen molar-refractivity contribution in [1.29, 1.82) is 0 Å². The molecule has 0 aromatic heterocycles. The van der Waals surface area contributed by atoms with Crippen molar-refractivity contribution in [1.82, 2.24) is 4.90 Å². The highest BCUT2D eigenvalue weighted by Crippen LogP contribution is 2.28. The molecule has 0 fully saturated rings. The molecule has 0 heterocycles. The molecule has 0 spiro atoms. The first kappa shape index (κ1) is 15.7. The molecular weight excluding hydrogens is 238 g/mol. The van der Waals surface area contributed by atoms with Crippen LogP contribution in [0.1, 0.15) is 39.2 Å². The number of carboxylic acids is 1. The number of carbonyl (C=O) groups is 1. The predicted octanol–water partition coefficient (Wildman–Crippen LogP) is 3.40. The van der Waals surface area contributed by atoms with Crippen LogP contribution >= 0.6 is 0 Å². The second-order valence-corrected chi connectivity index (χ2v) is 5.08. The van der Waals surface area contributed by atoms with Gasteiger partial charge in [-0.05, 0) is 24.9 Å². The van der Waals surface area contributed by atoms with Gasteiger partial charge in [-0.2, -0.15) is 0 Å². The van der Waals surface area contributed by atoms with E-state index in [2.05, 4.69) is 24.0 Å². The van der Waals surface area contributed by atoms with E-state index in [9.17, 15) is 9.90 Å². The van der Waals surface area contributed by atoms with E-state index >= 15 is 0 Å². The zero-order valence-corrected chi connectivity index (χ0v) is 12.2. The van der Waals surface area contributed by atoms with E-state index in [0.29, 0.717) is 19.4 Å². The Bertz CT molecular complexity index is 385. The van der Waals surface area contributed by atoms with Crippen molar-refractivity contribution < 1.29 is 9.90 Å². The van der Waals surface area contributed by atoms with Crippen molar-refractivity contribution in [2.24, 2.45) is 5.41 Å². The van der Waals surface area contributed by atoms with Crippen molar-refractivity contribution in [2.75, 3.05) is 13.1 Å². The summed E-state index contributed by atoms with van der Waals surface area (Å²) in [6.45, 7) is 8.31. The van der Waals surface area contributed by atoms with E-state index in [0.717, 1.165) is 13.1 Å².